The Labute approximate surface area is 107 Å². The number of hydrazine groups is 1. The molecule has 0 atom stereocenters. The standard InChI is InChI=1S/C10H12BrClN2O2/c1-7-3-2-4-8(12)9(7)13-14(6-5-11)10(15)16/h2-4,13H,5-6H2,1H3,(H,15,16). The van der Waals surface area contributed by atoms with E-state index in [1.165, 1.54) is 0 Å². The molecular weight excluding hydrogens is 295 g/mol. The number of hydrogen-bond acceptors (Lipinski definition) is 2. The Morgan fingerprint density at radius 3 is 2.81 bits per heavy atom. The van der Waals surface area contributed by atoms with E-state index in [4.69, 9.17) is 16.7 Å². The Balaban J connectivity index is 2.89. The highest BCUT2D eigenvalue weighted by molar-refractivity contribution is 9.09. The third-order valence-corrected chi connectivity index (χ3v) is 2.68. The molecule has 1 aromatic carbocycles. The van der Waals surface area contributed by atoms with E-state index in [9.17, 15) is 4.79 Å². The predicted molar refractivity (Wildman–Crippen MR) is 68.3 cm³/mol. The summed E-state index contributed by atoms with van der Waals surface area (Å²) in [5, 5.41) is 11.1. The topological polar surface area (TPSA) is 52.6 Å². The molecule has 0 bridgehead atoms. The minimum absolute atomic E-state index is 0.333. The van der Waals surface area contributed by atoms with E-state index in [-0.39, 0.29) is 0 Å². The van der Waals surface area contributed by atoms with Gasteiger partial charge in [-0.05, 0) is 18.6 Å². The van der Waals surface area contributed by atoms with Crippen LogP contribution < -0.4 is 5.43 Å². The van der Waals surface area contributed by atoms with Crippen molar-refractivity contribution in [2.24, 2.45) is 0 Å². The number of benzene rings is 1. The molecule has 0 radical (unpaired) electrons. The fourth-order valence-electron chi connectivity index (χ4n) is 1.19. The molecule has 0 heterocycles. The first kappa shape index (κ1) is 13.1. The first-order valence-corrected chi connectivity index (χ1v) is 6.14. The van der Waals surface area contributed by atoms with Gasteiger partial charge in [0.25, 0.3) is 0 Å². The summed E-state index contributed by atoms with van der Waals surface area (Å²) in [7, 11) is 0. The minimum atomic E-state index is -1.04. The molecule has 88 valence electrons. The van der Waals surface area contributed by atoms with Crippen molar-refractivity contribution < 1.29 is 9.90 Å². The average Bonchev–Trinajstić information content (AvgIpc) is 2.21. The maximum absolute atomic E-state index is 10.9. The maximum Gasteiger partial charge on any atom is 0.426 e. The number of alkyl halides is 1. The SMILES string of the molecule is Cc1cccc(Cl)c1NN(CCBr)C(=O)O. The lowest BCUT2D eigenvalue weighted by atomic mass is 10.2. The quantitative estimate of drug-likeness (QED) is 0.662. The monoisotopic (exact) mass is 306 g/mol. The number of aryl methyl sites for hydroxylation is 1. The zero-order valence-electron chi connectivity index (χ0n) is 8.70. The number of hydrogen-bond donors (Lipinski definition) is 2. The molecule has 0 saturated carbocycles. The van der Waals surface area contributed by atoms with Crippen molar-refractivity contribution in [3.8, 4) is 0 Å². The summed E-state index contributed by atoms with van der Waals surface area (Å²) < 4.78 is 0. The largest absolute Gasteiger partial charge is 0.464 e. The first-order chi connectivity index (χ1) is 7.56. The number of nitrogens with one attached hydrogen (secondary N) is 1. The fraction of sp³-hybridized carbons (Fsp3) is 0.300. The zero-order chi connectivity index (χ0) is 12.1. The van der Waals surface area contributed by atoms with Crippen LogP contribution in [0.5, 0.6) is 0 Å². The van der Waals surface area contributed by atoms with Crippen molar-refractivity contribution in [1.82, 2.24) is 5.01 Å². The van der Waals surface area contributed by atoms with Crippen LogP contribution in [0.25, 0.3) is 0 Å². The Morgan fingerprint density at radius 1 is 1.62 bits per heavy atom. The van der Waals surface area contributed by atoms with E-state index in [1.807, 2.05) is 19.1 Å². The van der Waals surface area contributed by atoms with Gasteiger partial charge in [0.05, 0.1) is 17.3 Å². The number of amides is 1. The number of anilines is 1. The van der Waals surface area contributed by atoms with Crippen molar-refractivity contribution in [1.29, 1.82) is 0 Å². The highest BCUT2D eigenvalue weighted by atomic mass is 79.9. The summed E-state index contributed by atoms with van der Waals surface area (Å²) in [5.41, 5.74) is 4.30. The van der Waals surface area contributed by atoms with Crippen LogP contribution in [0.15, 0.2) is 18.2 Å². The molecule has 0 aliphatic heterocycles. The maximum atomic E-state index is 10.9. The van der Waals surface area contributed by atoms with Crippen LogP contribution in [-0.2, 0) is 0 Å². The van der Waals surface area contributed by atoms with Crippen LogP contribution in [-0.4, -0.2) is 28.1 Å². The molecule has 0 spiro atoms. The van der Waals surface area contributed by atoms with Gasteiger partial charge in [-0.2, -0.15) is 0 Å². The molecule has 0 fully saturated rings. The van der Waals surface area contributed by atoms with Crippen LogP contribution >= 0.6 is 27.5 Å². The molecule has 1 amide bonds. The summed E-state index contributed by atoms with van der Waals surface area (Å²) in [6, 6.07) is 5.39. The molecule has 16 heavy (non-hydrogen) atoms. The van der Waals surface area contributed by atoms with Crippen LogP contribution in [0.4, 0.5) is 10.5 Å². The van der Waals surface area contributed by atoms with Gasteiger partial charge >= 0.3 is 6.09 Å². The molecule has 0 aliphatic carbocycles. The fourth-order valence-corrected chi connectivity index (χ4v) is 1.81. The van der Waals surface area contributed by atoms with Crippen LogP contribution in [0, 0.1) is 6.92 Å². The molecule has 0 aromatic heterocycles. The van der Waals surface area contributed by atoms with E-state index >= 15 is 0 Å². The van der Waals surface area contributed by atoms with Gasteiger partial charge in [-0.15, -0.1) is 0 Å². The van der Waals surface area contributed by atoms with Gasteiger partial charge < -0.3 is 5.11 Å². The number of carbonyl (C=O) groups is 1. The van der Waals surface area contributed by atoms with Gasteiger partial charge in [0.15, 0.2) is 0 Å². The molecule has 4 nitrogen and oxygen atoms in total. The molecular formula is C10H12BrClN2O2. The van der Waals surface area contributed by atoms with E-state index < -0.39 is 6.09 Å². The lowest BCUT2D eigenvalue weighted by molar-refractivity contribution is 0.158. The van der Waals surface area contributed by atoms with Gasteiger partial charge in [-0.3, -0.25) is 5.43 Å². The number of nitrogens with zero attached hydrogens (tertiary/aromatic N) is 1. The second kappa shape index (κ2) is 5.96. The van der Waals surface area contributed by atoms with Gasteiger partial charge in [-0.1, -0.05) is 39.7 Å². The molecule has 0 unspecified atom stereocenters. The molecule has 6 heteroatoms. The van der Waals surface area contributed by atoms with E-state index in [1.54, 1.807) is 6.07 Å². The van der Waals surface area contributed by atoms with Crippen molar-refractivity contribution in [2.75, 3.05) is 17.3 Å². The van der Waals surface area contributed by atoms with Crippen molar-refractivity contribution in [3.63, 3.8) is 0 Å². The lowest BCUT2D eigenvalue weighted by Gasteiger charge is -2.22. The van der Waals surface area contributed by atoms with Crippen LogP contribution in [0.3, 0.4) is 0 Å². The molecule has 2 N–H and O–H groups in total. The molecule has 1 aromatic rings. The second-order valence-electron chi connectivity index (χ2n) is 3.17. The van der Waals surface area contributed by atoms with Crippen molar-refractivity contribution >= 4 is 39.3 Å². The van der Waals surface area contributed by atoms with Gasteiger partial charge in [0.2, 0.25) is 0 Å². The Hall–Kier alpha value is -0.940. The number of carboxylic acid groups (broad SMARTS) is 1. The summed E-state index contributed by atoms with van der Waals surface area (Å²) >= 11 is 9.18. The van der Waals surface area contributed by atoms with E-state index in [0.29, 0.717) is 22.6 Å². The Bertz CT molecular complexity index is 367. The van der Waals surface area contributed by atoms with Gasteiger partial charge in [0.1, 0.15) is 0 Å². The first-order valence-electron chi connectivity index (χ1n) is 4.64. The lowest BCUT2D eigenvalue weighted by Crippen LogP contribution is -2.36. The number of halogens is 2. The summed E-state index contributed by atoms with van der Waals surface area (Å²) in [5.74, 6) is 0. The Morgan fingerprint density at radius 2 is 2.31 bits per heavy atom. The Kier molecular flexibility index (Phi) is 4.89. The van der Waals surface area contributed by atoms with E-state index in [2.05, 4.69) is 21.4 Å². The molecule has 0 aliphatic rings. The van der Waals surface area contributed by atoms with Crippen molar-refractivity contribution in [3.05, 3.63) is 28.8 Å². The summed E-state index contributed by atoms with van der Waals surface area (Å²) in [4.78, 5) is 10.9. The van der Waals surface area contributed by atoms with Crippen LogP contribution in [0.1, 0.15) is 5.56 Å². The molecule has 1 rings (SSSR count). The third-order valence-electron chi connectivity index (χ3n) is 2.01. The van der Waals surface area contributed by atoms with Crippen molar-refractivity contribution in [2.45, 2.75) is 6.92 Å². The minimum Gasteiger partial charge on any atom is -0.464 e. The van der Waals surface area contributed by atoms with Crippen LogP contribution in [0.2, 0.25) is 5.02 Å². The van der Waals surface area contributed by atoms with Gasteiger partial charge in [0, 0.05) is 5.33 Å². The summed E-state index contributed by atoms with van der Waals surface area (Å²) in [6.45, 7) is 2.20. The third kappa shape index (κ3) is 3.28. The summed E-state index contributed by atoms with van der Waals surface area (Å²) in [6.07, 6.45) is -1.04. The number of rotatable bonds is 4. The van der Waals surface area contributed by atoms with Gasteiger partial charge in [-0.25, -0.2) is 9.80 Å². The second-order valence-corrected chi connectivity index (χ2v) is 4.37. The number of para-hydroxylation sites is 1. The smallest absolute Gasteiger partial charge is 0.426 e. The molecule has 0 saturated heterocycles. The highest BCUT2D eigenvalue weighted by Gasteiger charge is 2.13. The highest BCUT2D eigenvalue weighted by Crippen LogP contribution is 2.25. The normalized spacial score (nSPS) is 9.94. The predicted octanol–water partition coefficient (Wildman–Crippen LogP) is 3.35. The average molecular weight is 308 g/mol. The van der Waals surface area contributed by atoms with E-state index in [0.717, 1.165) is 10.6 Å². The zero-order valence-corrected chi connectivity index (χ0v) is 11.0.